The van der Waals surface area contributed by atoms with Crippen LogP contribution in [-0.2, 0) is 0 Å². The summed E-state index contributed by atoms with van der Waals surface area (Å²) in [7, 11) is 0. The van der Waals surface area contributed by atoms with Gasteiger partial charge in [0.25, 0.3) is 0 Å². The molecule has 0 aliphatic carbocycles. The number of anilines is 1. The van der Waals surface area contributed by atoms with E-state index < -0.39 is 0 Å². The first-order chi connectivity index (χ1) is 6.18. The van der Waals surface area contributed by atoms with Gasteiger partial charge in [0.1, 0.15) is 5.82 Å². The number of halogens is 1. The molecule has 0 aliphatic rings. The van der Waals surface area contributed by atoms with E-state index >= 15 is 0 Å². The molecule has 1 unspecified atom stereocenters. The van der Waals surface area contributed by atoms with Crippen molar-refractivity contribution in [2.45, 2.75) is 25.6 Å². The first-order valence-corrected chi connectivity index (χ1v) is 4.92. The molecule has 2 nitrogen and oxygen atoms in total. The summed E-state index contributed by atoms with van der Waals surface area (Å²) in [5, 5.41) is 3.43. The molecule has 0 aliphatic heterocycles. The molecule has 72 valence electrons. The molecule has 1 aromatic rings. The normalized spacial score (nSPS) is 12.5. The number of hydrogen-bond acceptors (Lipinski definition) is 2. The van der Waals surface area contributed by atoms with Crippen LogP contribution in [0.5, 0.6) is 0 Å². The van der Waals surface area contributed by atoms with E-state index in [1.165, 1.54) is 5.56 Å². The molecule has 3 heteroatoms. The van der Waals surface area contributed by atoms with Crippen molar-refractivity contribution in [1.29, 1.82) is 0 Å². The number of alkyl halides is 1. The lowest BCUT2D eigenvalue weighted by Gasteiger charge is -2.06. The number of aromatic nitrogens is 1. The Labute approximate surface area is 84.3 Å². The highest BCUT2D eigenvalue weighted by Gasteiger charge is 1.96. The van der Waals surface area contributed by atoms with E-state index in [9.17, 15) is 0 Å². The third-order valence-electron chi connectivity index (χ3n) is 1.76. The van der Waals surface area contributed by atoms with Crippen LogP contribution in [0.1, 0.15) is 18.9 Å². The molecule has 1 N–H and O–H groups in total. The predicted octanol–water partition coefficient (Wildman–Crippen LogP) is 2.82. The van der Waals surface area contributed by atoms with E-state index in [2.05, 4.69) is 10.3 Å². The van der Waals surface area contributed by atoms with Gasteiger partial charge in [-0.05, 0) is 31.9 Å². The average molecular weight is 199 g/mol. The number of hydrogen-bond donors (Lipinski definition) is 1. The maximum atomic E-state index is 5.81. The second-order valence-electron chi connectivity index (χ2n) is 3.22. The molecule has 1 heterocycles. The van der Waals surface area contributed by atoms with Crippen LogP contribution in [0, 0.1) is 6.92 Å². The van der Waals surface area contributed by atoms with E-state index in [1.54, 1.807) is 0 Å². The molecule has 0 saturated carbocycles. The van der Waals surface area contributed by atoms with E-state index in [0.717, 1.165) is 18.8 Å². The van der Waals surface area contributed by atoms with Gasteiger partial charge < -0.3 is 5.32 Å². The molecular formula is C10H15ClN2. The molecule has 1 atom stereocenters. The first-order valence-electron chi connectivity index (χ1n) is 4.49. The first kappa shape index (κ1) is 10.3. The Hall–Kier alpha value is -0.760. The van der Waals surface area contributed by atoms with E-state index in [-0.39, 0.29) is 5.38 Å². The summed E-state index contributed by atoms with van der Waals surface area (Å²) in [5.41, 5.74) is 1.18. The summed E-state index contributed by atoms with van der Waals surface area (Å²) in [6.07, 6.45) is 2.81. The van der Waals surface area contributed by atoms with Crippen molar-refractivity contribution < 1.29 is 0 Å². The van der Waals surface area contributed by atoms with E-state index in [0.29, 0.717) is 0 Å². The molecule has 0 fully saturated rings. The molecule has 0 radical (unpaired) electrons. The summed E-state index contributed by atoms with van der Waals surface area (Å²) in [5.74, 6) is 0.919. The molecule has 1 rings (SSSR count). The smallest absolute Gasteiger partial charge is 0.125 e. The average Bonchev–Trinajstić information content (AvgIpc) is 2.08. The van der Waals surface area contributed by atoms with Crippen LogP contribution in [0.15, 0.2) is 18.3 Å². The minimum absolute atomic E-state index is 0.220. The number of nitrogens with one attached hydrogen (secondary N) is 1. The van der Waals surface area contributed by atoms with Crippen LogP contribution >= 0.6 is 11.6 Å². The highest BCUT2D eigenvalue weighted by molar-refractivity contribution is 6.20. The molecule has 0 bridgehead atoms. The van der Waals surface area contributed by atoms with Gasteiger partial charge in [-0.3, -0.25) is 0 Å². The van der Waals surface area contributed by atoms with Gasteiger partial charge in [-0.1, -0.05) is 6.07 Å². The second-order valence-corrected chi connectivity index (χ2v) is 3.96. The maximum absolute atomic E-state index is 5.81. The molecule has 0 saturated heterocycles. The third kappa shape index (κ3) is 4.13. The molecule has 13 heavy (non-hydrogen) atoms. The van der Waals surface area contributed by atoms with E-state index in [1.807, 2.05) is 32.2 Å². The molecule has 0 amide bonds. The van der Waals surface area contributed by atoms with Crippen LogP contribution in [0.25, 0.3) is 0 Å². The van der Waals surface area contributed by atoms with Crippen molar-refractivity contribution in [3.05, 3.63) is 23.9 Å². The Kier molecular flexibility index (Phi) is 4.03. The zero-order valence-corrected chi connectivity index (χ0v) is 8.80. The fraction of sp³-hybridized carbons (Fsp3) is 0.500. The standard InChI is InChI=1S/C10H15ClN2/c1-8-3-4-10(13-7-8)12-6-5-9(2)11/h3-4,7,9H,5-6H2,1-2H3,(H,12,13). The van der Waals surface area contributed by atoms with Gasteiger partial charge >= 0.3 is 0 Å². The largest absolute Gasteiger partial charge is 0.370 e. The minimum Gasteiger partial charge on any atom is -0.370 e. The van der Waals surface area contributed by atoms with Crippen LogP contribution in [0.3, 0.4) is 0 Å². The second kappa shape index (κ2) is 5.07. The SMILES string of the molecule is Cc1ccc(NCCC(C)Cl)nc1. The summed E-state index contributed by atoms with van der Waals surface area (Å²) >= 11 is 5.81. The predicted molar refractivity (Wildman–Crippen MR) is 57.4 cm³/mol. The van der Waals surface area contributed by atoms with Gasteiger partial charge in [-0.2, -0.15) is 0 Å². The van der Waals surface area contributed by atoms with Crippen molar-refractivity contribution in [1.82, 2.24) is 4.98 Å². The third-order valence-corrected chi connectivity index (χ3v) is 1.98. The van der Waals surface area contributed by atoms with Gasteiger partial charge in [-0.25, -0.2) is 4.98 Å². The Morgan fingerprint density at radius 3 is 2.85 bits per heavy atom. The van der Waals surface area contributed by atoms with Crippen LogP contribution in [0.2, 0.25) is 0 Å². The minimum atomic E-state index is 0.220. The fourth-order valence-corrected chi connectivity index (χ4v) is 1.08. The van der Waals surface area contributed by atoms with Crippen molar-refractivity contribution in [3.8, 4) is 0 Å². The summed E-state index contributed by atoms with van der Waals surface area (Å²) in [6.45, 7) is 4.89. The maximum Gasteiger partial charge on any atom is 0.125 e. The lowest BCUT2D eigenvalue weighted by atomic mass is 10.3. The van der Waals surface area contributed by atoms with Gasteiger partial charge in [0.05, 0.1) is 0 Å². The van der Waals surface area contributed by atoms with Crippen molar-refractivity contribution in [3.63, 3.8) is 0 Å². The van der Waals surface area contributed by atoms with Crippen LogP contribution in [0.4, 0.5) is 5.82 Å². The molecule has 1 aromatic heterocycles. The quantitative estimate of drug-likeness (QED) is 0.753. The Bertz CT molecular complexity index is 244. The summed E-state index contributed by atoms with van der Waals surface area (Å²) in [6, 6.07) is 4.02. The summed E-state index contributed by atoms with van der Waals surface area (Å²) < 4.78 is 0. The van der Waals surface area contributed by atoms with Gasteiger partial charge in [0.15, 0.2) is 0 Å². The van der Waals surface area contributed by atoms with Crippen LogP contribution < -0.4 is 5.32 Å². The van der Waals surface area contributed by atoms with E-state index in [4.69, 9.17) is 11.6 Å². The fourth-order valence-electron chi connectivity index (χ4n) is 0.972. The lowest BCUT2D eigenvalue weighted by molar-refractivity contribution is 0.839. The molecular weight excluding hydrogens is 184 g/mol. The highest BCUT2D eigenvalue weighted by atomic mass is 35.5. The number of nitrogens with zero attached hydrogens (tertiary/aromatic N) is 1. The van der Waals surface area contributed by atoms with Crippen LogP contribution in [-0.4, -0.2) is 16.9 Å². The van der Waals surface area contributed by atoms with Crippen molar-refractivity contribution in [2.75, 3.05) is 11.9 Å². The Morgan fingerprint density at radius 2 is 2.31 bits per heavy atom. The van der Waals surface area contributed by atoms with Gasteiger partial charge in [0, 0.05) is 18.1 Å². The van der Waals surface area contributed by atoms with Gasteiger partial charge in [-0.15, -0.1) is 11.6 Å². The zero-order valence-electron chi connectivity index (χ0n) is 8.05. The summed E-state index contributed by atoms with van der Waals surface area (Å²) in [4.78, 5) is 4.22. The van der Waals surface area contributed by atoms with Crippen molar-refractivity contribution in [2.24, 2.45) is 0 Å². The number of aryl methyl sites for hydroxylation is 1. The number of pyridine rings is 1. The monoisotopic (exact) mass is 198 g/mol. The lowest BCUT2D eigenvalue weighted by Crippen LogP contribution is -2.07. The topological polar surface area (TPSA) is 24.9 Å². The molecule has 0 spiro atoms. The zero-order chi connectivity index (χ0) is 9.68. The molecule has 0 aromatic carbocycles. The Morgan fingerprint density at radius 1 is 1.54 bits per heavy atom. The van der Waals surface area contributed by atoms with Gasteiger partial charge in [0.2, 0.25) is 0 Å². The Balaban J connectivity index is 2.33. The highest BCUT2D eigenvalue weighted by Crippen LogP contribution is 2.05. The number of rotatable bonds is 4. The van der Waals surface area contributed by atoms with Crippen molar-refractivity contribution >= 4 is 17.4 Å².